The normalized spacial score (nSPS) is 37.3. The molecular weight excluding hydrogens is 130 g/mol. The van der Waals surface area contributed by atoms with E-state index in [0.717, 1.165) is 12.1 Å². The van der Waals surface area contributed by atoms with E-state index in [9.17, 15) is 4.79 Å². The summed E-state index contributed by atoms with van der Waals surface area (Å²) >= 11 is 0. The van der Waals surface area contributed by atoms with Crippen LogP contribution >= 0.6 is 0 Å². The first kappa shape index (κ1) is 5.89. The first-order chi connectivity index (χ1) is 4.79. The second-order valence-electron chi connectivity index (χ2n) is 2.87. The number of carbonyl (C=O) groups is 1. The van der Waals surface area contributed by atoms with Crippen LogP contribution in [0.2, 0.25) is 0 Å². The van der Waals surface area contributed by atoms with Crippen molar-refractivity contribution >= 4 is 11.5 Å². The molecule has 0 N–H and O–H groups in total. The second kappa shape index (κ2) is 1.81. The molecule has 2 rings (SSSR count). The molecule has 0 bridgehead atoms. The fourth-order valence-electron chi connectivity index (χ4n) is 1.58. The van der Waals surface area contributed by atoms with Crippen LogP contribution in [0.25, 0.3) is 0 Å². The van der Waals surface area contributed by atoms with Crippen molar-refractivity contribution in [3.8, 4) is 0 Å². The Bertz CT molecular complexity index is 210. The smallest absolute Gasteiger partial charge is 0.193 e. The lowest BCUT2D eigenvalue weighted by molar-refractivity contribution is -0.126. The van der Waals surface area contributed by atoms with Crippen LogP contribution in [0, 0.1) is 5.92 Å². The van der Waals surface area contributed by atoms with Gasteiger partial charge in [0, 0.05) is 12.3 Å². The lowest BCUT2D eigenvalue weighted by Crippen LogP contribution is -2.21. The second-order valence-corrected chi connectivity index (χ2v) is 2.87. The molecule has 0 aromatic carbocycles. The van der Waals surface area contributed by atoms with Crippen LogP contribution in [0.5, 0.6) is 0 Å². The minimum absolute atomic E-state index is 0.214. The Morgan fingerprint density at radius 2 is 2.50 bits per heavy atom. The molecule has 0 amide bonds. The highest BCUT2D eigenvalue weighted by Crippen LogP contribution is 2.31. The lowest BCUT2D eigenvalue weighted by Gasteiger charge is -2.02. The van der Waals surface area contributed by atoms with Crippen molar-refractivity contribution in [3.05, 3.63) is 0 Å². The SMILES string of the molecule is CC1=NOC2C(=O)CCC12. The van der Waals surface area contributed by atoms with Crippen LogP contribution in [0.4, 0.5) is 0 Å². The van der Waals surface area contributed by atoms with Gasteiger partial charge in [0.1, 0.15) is 0 Å². The van der Waals surface area contributed by atoms with Gasteiger partial charge in [0.05, 0.1) is 5.71 Å². The Morgan fingerprint density at radius 1 is 1.70 bits per heavy atom. The summed E-state index contributed by atoms with van der Waals surface area (Å²) in [6.07, 6.45) is 1.38. The average Bonchev–Trinajstić information content (AvgIpc) is 2.41. The summed E-state index contributed by atoms with van der Waals surface area (Å²) in [5.41, 5.74) is 0.982. The third-order valence-corrected chi connectivity index (χ3v) is 2.23. The van der Waals surface area contributed by atoms with Crippen molar-refractivity contribution in [1.29, 1.82) is 0 Å². The molecule has 1 fully saturated rings. The zero-order chi connectivity index (χ0) is 7.14. The number of carbonyl (C=O) groups excluding carboxylic acids is 1. The van der Waals surface area contributed by atoms with Crippen LogP contribution in [0.3, 0.4) is 0 Å². The van der Waals surface area contributed by atoms with Gasteiger partial charge >= 0.3 is 0 Å². The highest BCUT2D eigenvalue weighted by molar-refractivity contribution is 5.97. The maximum atomic E-state index is 11.0. The van der Waals surface area contributed by atoms with Crippen molar-refractivity contribution in [2.24, 2.45) is 11.1 Å². The number of rotatable bonds is 0. The quantitative estimate of drug-likeness (QED) is 0.496. The van der Waals surface area contributed by atoms with Gasteiger partial charge in [-0.1, -0.05) is 5.16 Å². The minimum Gasteiger partial charge on any atom is -0.384 e. The third-order valence-electron chi connectivity index (χ3n) is 2.23. The summed E-state index contributed by atoms with van der Waals surface area (Å²) in [5, 5.41) is 3.77. The molecule has 1 aliphatic carbocycles. The standard InChI is InChI=1S/C7H9NO2/c1-4-5-2-3-6(9)7(5)10-8-4/h5,7H,2-3H2,1H3. The topological polar surface area (TPSA) is 38.7 Å². The van der Waals surface area contributed by atoms with E-state index in [1.54, 1.807) is 0 Å². The fourth-order valence-corrected chi connectivity index (χ4v) is 1.58. The maximum Gasteiger partial charge on any atom is 0.193 e. The molecule has 2 unspecified atom stereocenters. The van der Waals surface area contributed by atoms with E-state index in [2.05, 4.69) is 5.16 Å². The maximum absolute atomic E-state index is 11.0. The Balaban J connectivity index is 2.24. The van der Waals surface area contributed by atoms with Crippen molar-refractivity contribution in [3.63, 3.8) is 0 Å². The van der Waals surface area contributed by atoms with Crippen LogP contribution in [-0.4, -0.2) is 17.6 Å². The predicted molar refractivity (Wildman–Crippen MR) is 35.7 cm³/mol. The highest BCUT2D eigenvalue weighted by Gasteiger charge is 2.42. The molecule has 10 heavy (non-hydrogen) atoms. The molecule has 0 aromatic rings. The van der Waals surface area contributed by atoms with Gasteiger partial charge in [-0.3, -0.25) is 4.79 Å². The molecule has 1 heterocycles. The summed E-state index contributed by atoms with van der Waals surface area (Å²) in [6, 6.07) is 0. The Kier molecular flexibility index (Phi) is 1.07. The molecule has 0 saturated heterocycles. The highest BCUT2D eigenvalue weighted by atomic mass is 16.6. The number of nitrogens with zero attached hydrogens (tertiary/aromatic N) is 1. The molecule has 0 aromatic heterocycles. The van der Waals surface area contributed by atoms with Crippen molar-refractivity contribution < 1.29 is 9.63 Å². The van der Waals surface area contributed by atoms with E-state index < -0.39 is 0 Å². The third kappa shape index (κ3) is 0.602. The molecule has 2 atom stereocenters. The van der Waals surface area contributed by atoms with Crippen LogP contribution < -0.4 is 0 Å². The summed E-state index contributed by atoms with van der Waals surface area (Å²) in [5.74, 6) is 0.512. The fraction of sp³-hybridized carbons (Fsp3) is 0.714. The minimum atomic E-state index is -0.222. The molecule has 3 nitrogen and oxygen atoms in total. The number of Topliss-reactive ketones (excluding diaryl/α,β-unsaturated/α-hetero) is 1. The van der Waals surface area contributed by atoms with Gasteiger partial charge in [-0.25, -0.2) is 0 Å². The van der Waals surface area contributed by atoms with Gasteiger partial charge in [-0.2, -0.15) is 0 Å². The molecule has 54 valence electrons. The number of hydrogen-bond acceptors (Lipinski definition) is 3. The summed E-state index contributed by atoms with van der Waals surface area (Å²) in [7, 11) is 0. The summed E-state index contributed by atoms with van der Waals surface area (Å²) < 4.78 is 0. The Hall–Kier alpha value is -0.860. The number of hydrogen-bond donors (Lipinski definition) is 0. The molecule has 2 aliphatic rings. The van der Waals surface area contributed by atoms with Gasteiger partial charge in [0.15, 0.2) is 11.9 Å². The van der Waals surface area contributed by atoms with Gasteiger partial charge < -0.3 is 4.84 Å². The molecular formula is C7H9NO2. The van der Waals surface area contributed by atoms with Crippen molar-refractivity contribution in [1.82, 2.24) is 0 Å². The van der Waals surface area contributed by atoms with E-state index in [0.29, 0.717) is 12.3 Å². The monoisotopic (exact) mass is 139 g/mol. The zero-order valence-corrected chi connectivity index (χ0v) is 5.83. The van der Waals surface area contributed by atoms with Crippen LogP contribution in [-0.2, 0) is 9.63 Å². The van der Waals surface area contributed by atoms with Crippen molar-refractivity contribution in [2.45, 2.75) is 25.9 Å². The average molecular weight is 139 g/mol. The lowest BCUT2D eigenvalue weighted by atomic mass is 10.0. The number of oxime groups is 1. The van der Waals surface area contributed by atoms with Crippen molar-refractivity contribution in [2.75, 3.05) is 0 Å². The van der Waals surface area contributed by atoms with Gasteiger partial charge in [-0.15, -0.1) is 0 Å². The van der Waals surface area contributed by atoms with E-state index in [1.807, 2.05) is 6.92 Å². The van der Waals surface area contributed by atoms with Crippen LogP contribution in [0.1, 0.15) is 19.8 Å². The summed E-state index contributed by atoms with van der Waals surface area (Å²) in [6.45, 7) is 1.92. The number of ketones is 1. The zero-order valence-electron chi connectivity index (χ0n) is 5.83. The van der Waals surface area contributed by atoms with Gasteiger partial charge in [0.25, 0.3) is 0 Å². The predicted octanol–water partition coefficient (Wildman–Crippen LogP) is 0.740. The Labute approximate surface area is 59.0 Å². The van der Waals surface area contributed by atoms with Crippen LogP contribution in [0.15, 0.2) is 5.16 Å². The van der Waals surface area contributed by atoms with E-state index in [1.165, 1.54) is 0 Å². The molecule has 1 aliphatic heterocycles. The molecule has 0 spiro atoms. The largest absolute Gasteiger partial charge is 0.384 e. The first-order valence-corrected chi connectivity index (χ1v) is 3.52. The van der Waals surface area contributed by atoms with Gasteiger partial charge in [-0.05, 0) is 13.3 Å². The molecule has 3 heteroatoms. The first-order valence-electron chi connectivity index (χ1n) is 3.52. The Morgan fingerprint density at radius 3 is 3.20 bits per heavy atom. The van der Waals surface area contributed by atoms with E-state index in [-0.39, 0.29) is 11.9 Å². The summed E-state index contributed by atoms with van der Waals surface area (Å²) in [4.78, 5) is 15.9. The molecule has 1 saturated carbocycles. The van der Waals surface area contributed by atoms with Gasteiger partial charge in [0.2, 0.25) is 0 Å². The van der Waals surface area contributed by atoms with E-state index >= 15 is 0 Å². The number of fused-ring (bicyclic) bond motifs is 1. The molecule has 0 radical (unpaired) electrons. The van der Waals surface area contributed by atoms with E-state index in [4.69, 9.17) is 4.84 Å².